The average Bonchev–Trinajstić information content (AvgIpc) is 2.38. The predicted molar refractivity (Wildman–Crippen MR) is 63.2 cm³/mol. The van der Waals surface area contributed by atoms with Crippen molar-refractivity contribution >= 4 is 17.8 Å². The summed E-state index contributed by atoms with van der Waals surface area (Å²) in [5.41, 5.74) is 0. The Hall–Kier alpha value is -0.580. The smallest absolute Gasteiger partial charge is 0.166 e. The second-order valence-electron chi connectivity index (χ2n) is 3.89. The summed E-state index contributed by atoms with van der Waals surface area (Å²) in [5.74, 6) is 0. The number of hydrogen-bond acceptors (Lipinski definition) is 3. The maximum atomic E-state index is 6.22. The van der Waals surface area contributed by atoms with Gasteiger partial charge in [0.15, 0.2) is 19.3 Å². The molecule has 5 heteroatoms. The van der Waals surface area contributed by atoms with Gasteiger partial charge >= 0.3 is 0 Å². The third kappa shape index (κ3) is 3.47. The van der Waals surface area contributed by atoms with Gasteiger partial charge in [-0.15, -0.1) is 0 Å². The molecule has 0 unspecified atom stereocenters. The number of rotatable bonds is 2. The van der Waals surface area contributed by atoms with Gasteiger partial charge in [-0.1, -0.05) is 11.6 Å². The van der Waals surface area contributed by atoms with Crippen LogP contribution in [0, 0.1) is 0 Å². The van der Waals surface area contributed by atoms with E-state index in [-0.39, 0.29) is 0 Å². The van der Waals surface area contributed by atoms with Crippen LogP contribution < -0.4 is 0 Å². The molecular weight excluding hydrogens is 228 g/mol. The summed E-state index contributed by atoms with van der Waals surface area (Å²) >= 11 is 6.22. The lowest BCUT2D eigenvalue weighted by atomic mass is 10.4. The van der Waals surface area contributed by atoms with E-state index in [9.17, 15) is 0 Å². The Morgan fingerprint density at radius 2 is 1.69 bits per heavy atom. The first kappa shape index (κ1) is 11.9. The summed E-state index contributed by atoms with van der Waals surface area (Å²) in [4.78, 5) is 2.14. The molecule has 0 bridgehead atoms. The third-order valence-electron chi connectivity index (χ3n) is 2.78. The SMILES string of the molecule is Cl/C(=C\C=[N+]1CCOCC1)N1CCOCC1. The van der Waals surface area contributed by atoms with Gasteiger partial charge in [-0.3, -0.25) is 0 Å². The minimum absolute atomic E-state index is 0.765. The number of ether oxygens (including phenoxy) is 2. The largest absolute Gasteiger partial charge is 0.378 e. The van der Waals surface area contributed by atoms with Crippen molar-refractivity contribution in [2.75, 3.05) is 52.6 Å². The molecule has 16 heavy (non-hydrogen) atoms. The molecule has 0 saturated carbocycles. The first-order valence-corrected chi connectivity index (χ1v) is 6.09. The van der Waals surface area contributed by atoms with Crippen LogP contribution in [0.1, 0.15) is 0 Å². The van der Waals surface area contributed by atoms with Crippen molar-refractivity contribution in [2.24, 2.45) is 0 Å². The van der Waals surface area contributed by atoms with Crippen LogP contribution in [-0.2, 0) is 9.47 Å². The average molecular weight is 246 g/mol. The molecule has 0 N–H and O–H groups in total. The van der Waals surface area contributed by atoms with Gasteiger partial charge in [-0.25, -0.2) is 4.58 Å². The highest BCUT2D eigenvalue weighted by Crippen LogP contribution is 2.10. The Labute approximate surface area is 101 Å². The highest BCUT2D eigenvalue weighted by molar-refractivity contribution is 6.30. The molecule has 0 aromatic rings. The van der Waals surface area contributed by atoms with Crippen molar-refractivity contribution in [2.45, 2.75) is 0 Å². The first-order chi connectivity index (χ1) is 7.86. The van der Waals surface area contributed by atoms with Crippen LogP contribution in [-0.4, -0.2) is 68.3 Å². The second-order valence-corrected chi connectivity index (χ2v) is 4.27. The highest BCUT2D eigenvalue weighted by Gasteiger charge is 2.13. The molecule has 0 radical (unpaired) electrons. The molecule has 2 saturated heterocycles. The molecule has 0 spiro atoms. The standard InChI is InChI=1S/C11H18ClN2O2/c12-11(14-5-9-16-10-6-14)1-2-13-3-7-15-8-4-13/h1-2H,3-10H2/q+1. The Bertz CT molecular complexity index is 278. The van der Waals surface area contributed by atoms with E-state index < -0.39 is 0 Å². The van der Waals surface area contributed by atoms with Gasteiger partial charge in [-0.05, 0) is 0 Å². The van der Waals surface area contributed by atoms with Crippen molar-refractivity contribution in [1.82, 2.24) is 4.90 Å². The molecule has 2 aliphatic rings. The second kappa shape index (κ2) is 6.23. The van der Waals surface area contributed by atoms with E-state index in [1.165, 1.54) is 0 Å². The summed E-state index contributed by atoms with van der Waals surface area (Å²) in [6.07, 6.45) is 4.03. The van der Waals surface area contributed by atoms with Crippen LogP contribution in [0.4, 0.5) is 0 Å². The van der Waals surface area contributed by atoms with Crippen LogP contribution in [0.15, 0.2) is 11.2 Å². The first-order valence-electron chi connectivity index (χ1n) is 5.71. The minimum Gasteiger partial charge on any atom is -0.378 e. The zero-order valence-corrected chi connectivity index (χ0v) is 10.2. The van der Waals surface area contributed by atoms with Crippen LogP contribution in [0.2, 0.25) is 0 Å². The number of halogens is 1. The lowest BCUT2D eigenvalue weighted by Gasteiger charge is -2.27. The molecule has 90 valence electrons. The van der Waals surface area contributed by atoms with E-state index in [0.717, 1.165) is 57.8 Å². The maximum Gasteiger partial charge on any atom is 0.166 e. The number of hydrogen-bond donors (Lipinski definition) is 0. The third-order valence-corrected chi connectivity index (χ3v) is 3.15. The molecule has 2 rings (SSSR count). The minimum atomic E-state index is 0.765. The van der Waals surface area contributed by atoms with Gasteiger partial charge in [0, 0.05) is 19.2 Å². The normalized spacial score (nSPS) is 23.4. The molecule has 2 fully saturated rings. The van der Waals surface area contributed by atoms with Crippen molar-refractivity contribution < 1.29 is 14.0 Å². The molecule has 2 heterocycles. The zero-order valence-electron chi connectivity index (χ0n) is 9.40. The molecular formula is C11H18ClN2O2+. The van der Waals surface area contributed by atoms with E-state index in [4.69, 9.17) is 21.1 Å². The van der Waals surface area contributed by atoms with E-state index in [1.807, 2.05) is 6.08 Å². The Balaban J connectivity index is 1.89. The fraction of sp³-hybridized carbons (Fsp3) is 0.727. The number of morpholine rings is 2. The van der Waals surface area contributed by atoms with E-state index >= 15 is 0 Å². The van der Waals surface area contributed by atoms with Crippen LogP contribution in [0.5, 0.6) is 0 Å². The molecule has 0 aromatic carbocycles. The van der Waals surface area contributed by atoms with Crippen LogP contribution in [0.25, 0.3) is 0 Å². The van der Waals surface area contributed by atoms with E-state index in [2.05, 4.69) is 15.7 Å². The molecule has 4 nitrogen and oxygen atoms in total. The van der Waals surface area contributed by atoms with Gasteiger partial charge < -0.3 is 14.4 Å². The lowest BCUT2D eigenvalue weighted by molar-refractivity contribution is -0.544. The lowest BCUT2D eigenvalue weighted by Crippen LogP contribution is -2.34. The van der Waals surface area contributed by atoms with Gasteiger partial charge in [0.2, 0.25) is 0 Å². The van der Waals surface area contributed by atoms with Gasteiger partial charge in [0.05, 0.1) is 13.2 Å². The molecule has 2 aliphatic heterocycles. The van der Waals surface area contributed by atoms with Crippen molar-refractivity contribution in [3.63, 3.8) is 0 Å². The van der Waals surface area contributed by atoms with E-state index in [1.54, 1.807) is 0 Å². The fourth-order valence-corrected chi connectivity index (χ4v) is 2.00. The summed E-state index contributed by atoms with van der Waals surface area (Å²) < 4.78 is 12.8. The maximum absolute atomic E-state index is 6.22. The van der Waals surface area contributed by atoms with Gasteiger partial charge in [-0.2, -0.15) is 0 Å². The van der Waals surface area contributed by atoms with Crippen LogP contribution in [0.3, 0.4) is 0 Å². The summed E-state index contributed by atoms with van der Waals surface area (Å²) in [5, 5.41) is 0.801. The quantitative estimate of drug-likeness (QED) is 0.524. The zero-order chi connectivity index (χ0) is 11.2. The molecule has 0 atom stereocenters. The van der Waals surface area contributed by atoms with Crippen molar-refractivity contribution in [3.8, 4) is 0 Å². The molecule has 0 aliphatic carbocycles. The summed E-state index contributed by atoms with van der Waals surface area (Å²) in [6.45, 7) is 6.80. The summed E-state index contributed by atoms with van der Waals surface area (Å²) in [7, 11) is 0. The van der Waals surface area contributed by atoms with Crippen molar-refractivity contribution in [3.05, 3.63) is 11.2 Å². The van der Waals surface area contributed by atoms with Gasteiger partial charge in [0.1, 0.15) is 18.4 Å². The Kier molecular flexibility index (Phi) is 4.63. The van der Waals surface area contributed by atoms with Crippen LogP contribution >= 0.6 is 11.6 Å². The number of nitrogens with zero attached hydrogens (tertiary/aromatic N) is 2. The van der Waals surface area contributed by atoms with Gasteiger partial charge in [0.25, 0.3) is 0 Å². The Morgan fingerprint density at radius 1 is 1.06 bits per heavy atom. The summed E-state index contributed by atoms with van der Waals surface area (Å²) in [6, 6.07) is 0. The highest BCUT2D eigenvalue weighted by atomic mass is 35.5. The molecule has 0 aromatic heterocycles. The predicted octanol–water partition coefficient (Wildman–Crippen LogP) is 0.512. The number of allylic oxidation sites excluding steroid dienone is 1. The monoisotopic (exact) mass is 245 g/mol. The topological polar surface area (TPSA) is 24.7 Å². The van der Waals surface area contributed by atoms with Crippen molar-refractivity contribution in [1.29, 1.82) is 0 Å². The Morgan fingerprint density at radius 3 is 2.38 bits per heavy atom. The van der Waals surface area contributed by atoms with E-state index in [0.29, 0.717) is 0 Å². The fourth-order valence-electron chi connectivity index (χ4n) is 1.78. The molecule has 0 amide bonds.